The maximum absolute atomic E-state index is 11.7. The number of halogens is 1. The minimum atomic E-state index is -0.555. The summed E-state index contributed by atoms with van der Waals surface area (Å²) < 4.78 is 5.19. The Kier molecular flexibility index (Phi) is 5.32. The fraction of sp³-hybridized carbons (Fsp3) is 0.133. The first kappa shape index (κ1) is 15.8. The molecule has 1 N–H and O–H groups in total. The third kappa shape index (κ3) is 4.46. The van der Waals surface area contributed by atoms with Crippen molar-refractivity contribution in [3.8, 4) is 5.75 Å². The molecular formula is C15H13ClN2O4. The number of amides is 1. The predicted octanol–water partition coefficient (Wildman–Crippen LogP) is 2.94. The van der Waals surface area contributed by atoms with Crippen molar-refractivity contribution in [2.75, 3.05) is 6.61 Å². The Morgan fingerprint density at radius 3 is 2.55 bits per heavy atom. The molecule has 0 unspecified atom stereocenters. The molecule has 2 aromatic carbocycles. The van der Waals surface area contributed by atoms with Gasteiger partial charge < -0.3 is 10.1 Å². The number of nitro groups is 1. The van der Waals surface area contributed by atoms with Crippen LogP contribution in [0.2, 0.25) is 5.02 Å². The highest BCUT2D eigenvalue weighted by molar-refractivity contribution is 6.30. The normalized spacial score (nSPS) is 10.0. The second-order valence-electron chi connectivity index (χ2n) is 4.42. The molecule has 0 saturated carbocycles. The van der Waals surface area contributed by atoms with E-state index in [1.807, 2.05) is 0 Å². The van der Waals surface area contributed by atoms with Gasteiger partial charge in [0.2, 0.25) is 0 Å². The number of carbonyl (C=O) groups is 1. The van der Waals surface area contributed by atoms with Crippen molar-refractivity contribution in [1.82, 2.24) is 5.32 Å². The second-order valence-corrected chi connectivity index (χ2v) is 4.85. The molecule has 6 nitrogen and oxygen atoms in total. The lowest BCUT2D eigenvalue weighted by molar-refractivity contribution is -0.385. The monoisotopic (exact) mass is 320 g/mol. The molecule has 7 heteroatoms. The number of hydrogen-bond donors (Lipinski definition) is 1. The molecule has 0 saturated heterocycles. The second kappa shape index (κ2) is 7.42. The van der Waals surface area contributed by atoms with Crippen LogP contribution in [0.15, 0.2) is 48.5 Å². The van der Waals surface area contributed by atoms with Crippen LogP contribution in [0, 0.1) is 10.1 Å². The summed E-state index contributed by atoms with van der Waals surface area (Å²) in [6.07, 6.45) is 0. The van der Waals surface area contributed by atoms with Gasteiger partial charge in [-0.3, -0.25) is 14.9 Å². The molecule has 114 valence electrons. The smallest absolute Gasteiger partial charge is 0.310 e. The molecule has 2 rings (SSSR count). The van der Waals surface area contributed by atoms with Crippen LogP contribution in [-0.2, 0) is 11.3 Å². The van der Waals surface area contributed by atoms with Gasteiger partial charge in [0.25, 0.3) is 5.91 Å². The van der Waals surface area contributed by atoms with Crippen molar-refractivity contribution in [3.63, 3.8) is 0 Å². The summed E-state index contributed by atoms with van der Waals surface area (Å²) in [7, 11) is 0. The molecule has 22 heavy (non-hydrogen) atoms. The van der Waals surface area contributed by atoms with Crippen LogP contribution in [0.1, 0.15) is 5.56 Å². The molecule has 0 heterocycles. The largest absolute Gasteiger partial charge is 0.477 e. The van der Waals surface area contributed by atoms with Crippen LogP contribution < -0.4 is 10.1 Å². The first-order valence-electron chi connectivity index (χ1n) is 6.43. The van der Waals surface area contributed by atoms with Gasteiger partial charge in [0.15, 0.2) is 12.4 Å². The predicted molar refractivity (Wildman–Crippen MR) is 81.9 cm³/mol. The van der Waals surface area contributed by atoms with Crippen LogP contribution >= 0.6 is 11.6 Å². The van der Waals surface area contributed by atoms with Crippen molar-refractivity contribution in [3.05, 3.63) is 69.2 Å². The number of nitro benzene ring substituents is 1. The summed E-state index contributed by atoms with van der Waals surface area (Å²) in [6.45, 7) is 0.0364. The summed E-state index contributed by atoms with van der Waals surface area (Å²) in [5, 5.41) is 14.1. The fourth-order valence-corrected chi connectivity index (χ4v) is 1.85. The standard InChI is InChI=1S/C15H13ClN2O4/c16-12-7-5-11(6-8-12)9-17-15(19)10-22-14-4-2-1-3-13(14)18(20)21/h1-8H,9-10H2,(H,17,19). The van der Waals surface area contributed by atoms with Crippen LogP contribution in [0.3, 0.4) is 0 Å². The van der Waals surface area contributed by atoms with Gasteiger partial charge in [-0.2, -0.15) is 0 Å². The first-order valence-corrected chi connectivity index (χ1v) is 6.81. The van der Waals surface area contributed by atoms with Crippen LogP contribution in [0.25, 0.3) is 0 Å². The van der Waals surface area contributed by atoms with Gasteiger partial charge in [-0.25, -0.2) is 0 Å². The lowest BCUT2D eigenvalue weighted by Crippen LogP contribution is -2.28. The third-order valence-corrected chi connectivity index (χ3v) is 3.08. The molecule has 0 aliphatic carbocycles. The molecule has 0 aliphatic rings. The zero-order valence-electron chi connectivity index (χ0n) is 11.5. The number of rotatable bonds is 6. The molecule has 0 fully saturated rings. The maximum Gasteiger partial charge on any atom is 0.310 e. The van der Waals surface area contributed by atoms with E-state index in [1.54, 1.807) is 30.3 Å². The minimum absolute atomic E-state index is 0.0640. The molecule has 2 aromatic rings. The van der Waals surface area contributed by atoms with Crippen LogP contribution in [0.4, 0.5) is 5.69 Å². The Balaban J connectivity index is 1.85. The molecule has 0 radical (unpaired) electrons. The van der Waals surface area contributed by atoms with Crippen molar-refractivity contribution in [2.45, 2.75) is 6.54 Å². The maximum atomic E-state index is 11.7. The number of carbonyl (C=O) groups excluding carboxylic acids is 1. The zero-order valence-corrected chi connectivity index (χ0v) is 12.2. The number of para-hydroxylation sites is 2. The van der Waals surface area contributed by atoms with Gasteiger partial charge in [0, 0.05) is 17.6 Å². The molecule has 1 amide bonds. The summed E-state index contributed by atoms with van der Waals surface area (Å²) >= 11 is 5.77. The molecule has 0 spiro atoms. The lowest BCUT2D eigenvalue weighted by Gasteiger charge is -2.08. The van der Waals surface area contributed by atoms with E-state index >= 15 is 0 Å². The highest BCUT2D eigenvalue weighted by atomic mass is 35.5. The SMILES string of the molecule is O=C(COc1ccccc1[N+](=O)[O-])NCc1ccc(Cl)cc1. The highest BCUT2D eigenvalue weighted by Crippen LogP contribution is 2.25. The number of benzene rings is 2. The molecular weight excluding hydrogens is 308 g/mol. The number of ether oxygens (including phenoxy) is 1. The third-order valence-electron chi connectivity index (χ3n) is 2.82. The topological polar surface area (TPSA) is 81.5 Å². The van der Waals surface area contributed by atoms with E-state index in [0.29, 0.717) is 11.6 Å². The number of nitrogens with zero attached hydrogens (tertiary/aromatic N) is 1. The Bertz CT molecular complexity index is 673. The molecule has 0 bridgehead atoms. The van der Waals surface area contributed by atoms with Gasteiger partial charge >= 0.3 is 5.69 Å². The van der Waals surface area contributed by atoms with Gasteiger partial charge in [-0.05, 0) is 23.8 Å². The van der Waals surface area contributed by atoms with Crippen LogP contribution in [-0.4, -0.2) is 17.4 Å². The van der Waals surface area contributed by atoms with Gasteiger partial charge in [0.05, 0.1) is 4.92 Å². The van der Waals surface area contributed by atoms with E-state index in [-0.39, 0.29) is 24.0 Å². The Morgan fingerprint density at radius 2 is 1.86 bits per heavy atom. The van der Waals surface area contributed by atoms with E-state index in [0.717, 1.165) is 5.56 Å². The van der Waals surface area contributed by atoms with Crippen molar-refractivity contribution in [2.24, 2.45) is 0 Å². The summed E-state index contributed by atoms with van der Waals surface area (Å²) in [5.41, 5.74) is 0.719. The van der Waals surface area contributed by atoms with E-state index < -0.39 is 4.92 Å². The molecule has 0 atom stereocenters. The summed E-state index contributed by atoms with van der Waals surface area (Å²) in [5.74, 6) is -0.303. The average Bonchev–Trinajstić information content (AvgIpc) is 2.52. The minimum Gasteiger partial charge on any atom is -0.477 e. The first-order chi connectivity index (χ1) is 10.6. The van der Waals surface area contributed by atoms with E-state index in [2.05, 4.69) is 5.32 Å². The van der Waals surface area contributed by atoms with Crippen molar-refractivity contribution < 1.29 is 14.5 Å². The van der Waals surface area contributed by atoms with E-state index in [1.165, 1.54) is 18.2 Å². The number of nitrogens with one attached hydrogen (secondary N) is 1. The fourth-order valence-electron chi connectivity index (χ4n) is 1.73. The van der Waals surface area contributed by atoms with Crippen molar-refractivity contribution in [1.29, 1.82) is 0 Å². The highest BCUT2D eigenvalue weighted by Gasteiger charge is 2.14. The van der Waals surface area contributed by atoms with E-state index in [4.69, 9.17) is 16.3 Å². The van der Waals surface area contributed by atoms with Gasteiger partial charge in [-0.15, -0.1) is 0 Å². The molecule has 0 aliphatic heterocycles. The Hall–Kier alpha value is -2.60. The Labute approximate surface area is 131 Å². The quantitative estimate of drug-likeness (QED) is 0.655. The zero-order chi connectivity index (χ0) is 15.9. The summed E-state index contributed by atoms with van der Waals surface area (Å²) in [4.78, 5) is 22.0. The van der Waals surface area contributed by atoms with Gasteiger partial charge in [-0.1, -0.05) is 35.9 Å². The summed E-state index contributed by atoms with van der Waals surface area (Å²) in [6, 6.07) is 13.0. The Morgan fingerprint density at radius 1 is 1.18 bits per heavy atom. The average molecular weight is 321 g/mol. The van der Waals surface area contributed by atoms with E-state index in [9.17, 15) is 14.9 Å². The van der Waals surface area contributed by atoms with Crippen LogP contribution in [0.5, 0.6) is 5.75 Å². The van der Waals surface area contributed by atoms with Gasteiger partial charge in [0.1, 0.15) is 0 Å². The number of hydrogen-bond acceptors (Lipinski definition) is 4. The molecule has 0 aromatic heterocycles. The lowest BCUT2D eigenvalue weighted by atomic mass is 10.2. The van der Waals surface area contributed by atoms with Crippen molar-refractivity contribution >= 4 is 23.2 Å².